The maximum absolute atomic E-state index is 11.3. The molecule has 1 atom stereocenters. The summed E-state index contributed by atoms with van der Waals surface area (Å²) in [5.41, 5.74) is 0. The predicted molar refractivity (Wildman–Crippen MR) is 83.4 cm³/mol. The van der Waals surface area contributed by atoms with E-state index in [9.17, 15) is 15.0 Å². The number of ether oxygens (including phenoxy) is 1. The van der Waals surface area contributed by atoms with E-state index in [0.717, 1.165) is 10.1 Å². The van der Waals surface area contributed by atoms with Crippen LogP contribution < -0.4 is 10.1 Å². The lowest BCUT2D eigenvalue weighted by Crippen LogP contribution is -2.35. The van der Waals surface area contributed by atoms with Crippen molar-refractivity contribution >= 4 is 27.4 Å². The Bertz CT molecular complexity index is 623. The van der Waals surface area contributed by atoms with Gasteiger partial charge >= 0.3 is 5.97 Å². The van der Waals surface area contributed by atoms with Gasteiger partial charge in [0.2, 0.25) is 0 Å². The number of carboxylic acid groups (broad SMARTS) is 1. The summed E-state index contributed by atoms with van der Waals surface area (Å²) >= 11 is 1.18. The molecule has 6 heteroatoms. The highest BCUT2D eigenvalue weighted by Crippen LogP contribution is 2.37. The standard InChI is InChI=1S/C15H19NO4S/c1-9(2)16-7-10(17)8-20-13-11-5-3-4-6-12(11)21-14(13)15(18)19/h3-6,9-10,16-17H,7-8H2,1-2H3,(H,18,19). The molecule has 0 bridgehead atoms. The van der Waals surface area contributed by atoms with E-state index in [-0.39, 0.29) is 17.5 Å². The zero-order chi connectivity index (χ0) is 15.4. The monoisotopic (exact) mass is 309 g/mol. The van der Waals surface area contributed by atoms with Crippen molar-refractivity contribution in [3.05, 3.63) is 29.1 Å². The third-order valence-corrected chi connectivity index (χ3v) is 4.07. The Hall–Kier alpha value is -1.63. The summed E-state index contributed by atoms with van der Waals surface area (Å²) in [6, 6.07) is 7.65. The second-order valence-corrected chi connectivity index (χ2v) is 6.14. The number of rotatable bonds is 7. The van der Waals surface area contributed by atoms with Crippen molar-refractivity contribution < 1.29 is 19.7 Å². The number of carbonyl (C=O) groups is 1. The summed E-state index contributed by atoms with van der Waals surface area (Å²) < 4.78 is 6.45. The molecule has 3 N–H and O–H groups in total. The third kappa shape index (κ3) is 3.93. The number of thiophene rings is 1. The van der Waals surface area contributed by atoms with E-state index in [0.29, 0.717) is 12.3 Å². The molecule has 1 aromatic heterocycles. The first kappa shape index (κ1) is 15.8. The molecule has 1 unspecified atom stereocenters. The molecular formula is C15H19NO4S. The van der Waals surface area contributed by atoms with Crippen molar-refractivity contribution in [3.63, 3.8) is 0 Å². The Morgan fingerprint density at radius 1 is 1.38 bits per heavy atom. The molecule has 0 aliphatic rings. The molecule has 1 heterocycles. The summed E-state index contributed by atoms with van der Waals surface area (Å²) in [4.78, 5) is 11.5. The molecule has 0 amide bonds. The topological polar surface area (TPSA) is 78.8 Å². The fourth-order valence-corrected chi connectivity index (χ4v) is 2.90. The predicted octanol–water partition coefficient (Wildman–Crippen LogP) is 2.34. The first-order chi connectivity index (χ1) is 9.99. The number of hydrogen-bond acceptors (Lipinski definition) is 5. The maximum Gasteiger partial charge on any atom is 0.349 e. The van der Waals surface area contributed by atoms with Gasteiger partial charge in [-0.3, -0.25) is 0 Å². The Morgan fingerprint density at radius 2 is 2.10 bits per heavy atom. The fourth-order valence-electron chi connectivity index (χ4n) is 1.92. The normalized spacial score (nSPS) is 12.8. The minimum Gasteiger partial charge on any atom is -0.488 e. The van der Waals surface area contributed by atoms with Crippen LogP contribution in [0.25, 0.3) is 10.1 Å². The van der Waals surface area contributed by atoms with Crippen LogP contribution in [0, 0.1) is 0 Å². The maximum atomic E-state index is 11.3. The number of benzene rings is 1. The van der Waals surface area contributed by atoms with Crippen molar-refractivity contribution in [2.75, 3.05) is 13.2 Å². The molecule has 0 radical (unpaired) electrons. The quantitative estimate of drug-likeness (QED) is 0.731. The van der Waals surface area contributed by atoms with Crippen LogP contribution in [0.4, 0.5) is 0 Å². The van der Waals surface area contributed by atoms with Crippen molar-refractivity contribution in [1.29, 1.82) is 0 Å². The lowest BCUT2D eigenvalue weighted by atomic mass is 10.2. The molecule has 0 saturated carbocycles. The lowest BCUT2D eigenvalue weighted by molar-refractivity contribution is 0.0690. The van der Waals surface area contributed by atoms with Crippen molar-refractivity contribution in [1.82, 2.24) is 5.32 Å². The molecule has 1 aromatic carbocycles. The molecule has 5 nitrogen and oxygen atoms in total. The van der Waals surface area contributed by atoms with Gasteiger partial charge in [0.1, 0.15) is 12.7 Å². The van der Waals surface area contributed by atoms with E-state index < -0.39 is 12.1 Å². The van der Waals surface area contributed by atoms with Crippen LogP contribution in [-0.2, 0) is 0 Å². The molecule has 2 aromatic rings. The number of nitrogens with one attached hydrogen (secondary N) is 1. The number of fused-ring (bicyclic) bond motifs is 1. The Morgan fingerprint density at radius 3 is 2.76 bits per heavy atom. The van der Waals surface area contributed by atoms with Crippen LogP contribution in [0.3, 0.4) is 0 Å². The summed E-state index contributed by atoms with van der Waals surface area (Å²) in [7, 11) is 0. The minimum absolute atomic E-state index is 0.0563. The first-order valence-corrected chi connectivity index (χ1v) is 7.59. The SMILES string of the molecule is CC(C)NCC(O)COc1c(C(=O)O)sc2ccccc12. The van der Waals surface area contributed by atoms with Gasteiger partial charge in [-0.05, 0) is 12.1 Å². The number of hydrogen-bond donors (Lipinski definition) is 3. The Kier molecular flexibility index (Phi) is 5.17. The molecular weight excluding hydrogens is 290 g/mol. The summed E-state index contributed by atoms with van der Waals surface area (Å²) in [6.45, 7) is 4.44. The Balaban J connectivity index is 2.13. The number of carboxylic acids is 1. The average Bonchev–Trinajstić information content (AvgIpc) is 2.82. The smallest absolute Gasteiger partial charge is 0.349 e. The van der Waals surface area contributed by atoms with Crippen LogP contribution in [-0.4, -0.2) is 41.5 Å². The Labute approximate surface area is 127 Å². The number of aromatic carboxylic acids is 1. The van der Waals surface area contributed by atoms with E-state index in [4.69, 9.17) is 4.74 Å². The molecule has 0 fully saturated rings. The first-order valence-electron chi connectivity index (χ1n) is 6.78. The molecule has 0 aliphatic carbocycles. The van der Waals surface area contributed by atoms with Crippen LogP contribution >= 0.6 is 11.3 Å². The van der Waals surface area contributed by atoms with Crippen molar-refractivity contribution in [3.8, 4) is 5.75 Å². The van der Waals surface area contributed by atoms with Gasteiger partial charge in [-0.2, -0.15) is 0 Å². The van der Waals surface area contributed by atoms with Gasteiger partial charge in [0.05, 0.1) is 0 Å². The van der Waals surface area contributed by atoms with Gasteiger partial charge in [0, 0.05) is 22.7 Å². The van der Waals surface area contributed by atoms with Gasteiger partial charge in [-0.1, -0.05) is 26.0 Å². The minimum atomic E-state index is -1.01. The van der Waals surface area contributed by atoms with Gasteiger partial charge in [-0.15, -0.1) is 11.3 Å². The highest BCUT2D eigenvalue weighted by molar-refractivity contribution is 7.21. The van der Waals surface area contributed by atoms with Gasteiger partial charge < -0.3 is 20.3 Å². The van der Waals surface area contributed by atoms with Crippen LogP contribution in [0.15, 0.2) is 24.3 Å². The highest BCUT2D eigenvalue weighted by Gasteiger charge is 2.20. The average molecular weight is 309 g/mol. The van der Waals surface area contributed by atoms with Crippen LogP contribution in [0.1, 0.15) is 23.5 Å². The summed E-state index contributed by atoms with van der Waals surface area (Å²) in [5, 5.41) is 23.0. The van der Waals surface area contributed by atoms with Crippen LogP contribution in [0.2, 0.25) is 0 Å². The third-order valence-electron chi connectivity index (χ3n) is 2.93. The van der Waals surface area contributed by atoms with E-state index >= 15 is 0 Å². The summed E-state index contributed by atoms with van der Waals surface area (Å²) in [5.74, 6) is -0.673. The second-order valence-electron chi connectivity index (χ2n) is 5.09. The van der Waals surface area contributed by atoms with Gasteiger partial charge in [0.25, 0.3) is 0 Å². The van der Waals surface area contributed by atoms with E-state index in [1.807, 2.05) is 38.1 Å². The largest absolute Gasteiger partial charge is 0.488 e. The van der Waals surface area contributed by atoms with E-state index in [1.54, 1.807) is 0 Å². The molecule has 0 saturated heterocycles. The van der Waals surface area contributed by atoms with Crippen LogP contribution in [0.5, 0.6) is 5.75 Å². The van der Waals surface area contributed by atoms with Gasteiger partial charge in [-0.25, -0.2) is 4.79 Å². The van der Waals surface area contributed by atoms with Gasteiger partial charge in [0.15, 0.2) is 10.6 Å². The van der Waals surface area contributed by atoms with Crippen molar-refractivity contribution in [2.45, 2.75) is 26.0 Å². The zero-order valence-corrected chi connectivity index (χ0v) is 12.8. The van der Waals surface area contributed by atoms with Crippen molar-refractivity contribution in [2.24, 2.45) is 0 Å². The second kappa shape index (κ2) is 6.89. The molecule has 0 aliphatic heterocycles. The highest BCUT2D eigenvalue weighted by atomic mass is 32.1. The van der Waals surface area contributed by atoms with E-state index in [2.05, 4.69) is 5.32 Å². The molecule has 0 spiro atoms. The molecule has 114 valence electrons. The number of aliphatic hydroxyl groups is 1. The summed E-state index contributed by atoms with van der Waals surface area (Å²) in [6.07, 6.45) is -0.687. The van der Waals surface area contributed by atoms with E-state index in [1.165, 1.54) is 11.3 Å². The lowest BCUT2D eigenvalue weighted by Gasteiger charge is -2.15. The molecule has 2 rings (SSSR count). The zero-order valence-electron chi connectivity index (χ0n) is 12.0. The number of aliphatic hydroxyl groups excluding tert-OH is 1. The molecule has 21 heavy (non-hydrogen) atoms. The fraction of sp³-hybridized carbons (Fsp3) is 0.400.